The number of carbonyl (C=O) groups excluding carboxylic acids is 1. The molecule has 0 aliphatic carbocycles. The van der Waals surface area contributed by atoms with Gasteiger partial charge in [0, 0.05) is 33.2 Å². The van der Waals surface area contributed by atoms with Gasteiger partial charge in [-0.05, 0) is 40.4 Å². The highest BCUT2D eigenvalue weighted by Crippen LogP contribution is 2.04. The molecule has 5 nitrogen and oxygen atoms in total. The summed E-state index contributed by atoms with van der Waals surface area (Å²) in [5.41, 5.74) is 0. The molecule has 1 saturated heterocycles. The van der Waals surface area contributed by atoms with Gasteiger partial charge in [0.25, 0.3) is 0 Å². The summed E-state index contributed by atoms with van der Waals surface area (Å²) in [5.74, 6) is 0. The smallest absolute Gasteiger partial charge is 0.319 e. The summed E-state index contributed by atoms with van der Waals surface area (Å²) in [6, 6.07) is 0.167. The molecule has 0 saturated carbocycles. The first kappa shape index (κ1) is 15.2. The first-order valence-electron chi connectivity index (χ1n) is 6.91. The van der Waals surface area contributed by atoms with Crippen LogP contribution in [0.3, 0.4) is 0 Å². The van der Waals surface area contributed by atoms with Crippen LogP contribution in [0.25, 0.3) is 0 Å². The molecule has 1 rings (SSSR count). The molecule has 0 aromatic heterocycles. The molecule has 106 valence electrons. The highest BCUT2D eigenvalue weighted by atomic mass is 16.2. The molecule has 0 bridgehead atoms. The van der Waals surface area contributed by atoms with E-state index in [0.717, 1.165) is 52.2 Å². The molecule has 1 heterocycles. The summed E-state index contributed by atoms with van der Waals surface area (Å²) < 4.78 is 0. The zero-order valence-corrected chi connectivity index (χ0v) is 12.4. The fraction of sp³-hybridized carbons (Fsp3) is 0.923. The zero-order valence-electron chi connectivity index (χ0n) is 12.4. The lowest BCUT2D eigenvalue weighted by molar-refractivity contribution is 0.130. The molecule has 0 aromatic rings. The molecular weight excluding hydrogens is 228 g/mol. The average molecular weight is 256 g/mol. The van der Waals surface area contributed by atoms with E-state index in [1.807, 2.05) is 18.9 Å². The van der Waals surface area contributed by atoms with Gasteiger partial charge in [-0.3, -0.25) is 9.80 Å². The average Bonchev–Trinajstić information content (AvgIpc) is 2.35. The second-order valence-electron chi connectivity index (χ2n) is 5.29. The zero-order chi connectivity index (χ0) is 13.5. The molecule has 1 aliphatic heterocycles. The molecule has 0 aromatic carbocycles. The van der Waals surface area contributed by atoms with Crippen LogP contribution in [0.4, 0.5) is 4.79 Å². The number of likely N-dealkylation sites (N-methyl/N-ethyl adjacent to an activating group) is 1. The summed E-state index contributed by atoms with van der Waals surface area (Å²) in [6.45, 7) is 7.52. The largest absolute Gasteiger partial charge is 0.328 e. The minimum Gasteiger partial charge on any atom is -0.328 e. The molecule has 18 heavy (non-hydrogen) atoms. The third kappa shape index (κ3) is 4.82. The van der Waals surface area contributed by atoms with Crippen LogP contribution in [0, 0.1) is 0 Å². The van der Waals surface area contributed by atoms with E-state index in [4.69, 9.17) is 0 Å². The monoisotopic (exact) mass is 256 g/mol. The first-order valence-corrected chi connectivity index (χ1v) is 6.91. The second kappa shape index (κ2) is 7.59. The van der Waals surface area contributed by atoms with Crippen molar-refractivity contribution in [1.29, 1.82) is 0 Å². The normalized spacial score (nSPS) is 20.8. The Morgan fingerprint density at radius 1 is 1.06 bits per heavy atom. The van der Waals surface area contributed by atoms with Crippen molar-refractivity contribution >= 4 is 6.03 Å². The number of amides is 2. The third-order valence-corrected chi connectivity index (χ3v) is 3.52. The lowest BCUT2D eigenvalue weighted by atomic mass is 10.2. The quantitative estimate of drug-likeness (QED) is 0.700. The minimum atomic E-state index is 0.167. The SMILES string of the molecule is CCN(C)C(=O)N1CCCCN(C)CN(C)CC1. The van der Waals surface area contributed by atoms with Gasteiger partial charge in [-0.1, -0.05) is 0 Å². The van der Waals surface area contributed by atoms with Gasteiger partial charge in [-0.2, -0.15) is 0 Å². The molecule has 2 amide bonds. The highest BCUT2D eigenvalue weighted by Gasteiger charge is 2.18. The molecule has 1 fully saturated rings. The maximum Gasteiger partial charge on any atom is 0.319 e. The Kier molecular flexibility index (Phi) is 6.43. The maximum absolute atomic E-state index is 12.2. The van der Waals surface area contributed by atoms with Crippen LogP contribution < -0.4 is 0 Å². The van der Waals surface area contributed by atoms with Crippen LogP contribution in [0.1, 0.15) is 19.8 Å². The van der Waals surface area contributed by atoms with E-state index in [9.17, 15) is 4.79 Å². The van der Waals surface area contributed by atoms with Crippen molar-refractivity contribution in [2.75, 3.05) is 60.5 Å². The standard InChI is InChI=1S/C13H28N4O/c1-5-16(4)13(18)17-9-7-6-8-14(2)12-15(3)10-11-17/h5-12H2,1-4H3. The molecular formula is C13H28N4O. The fourth-order valence-corrected chi connectivity index (χ4v) is 2.21. The lowest BCUT2D eigenvalue weighted by Gasteiger charge is -2.32. The van der Waals surface area contributed by atoms with Crippen LogP contribution in [-0.4, -0.2) is 86.2 Å². The molecule has 0 spiro atoms. The lowest BCUT2D eigenvalue weighted by Crippen LogP contribution is -2.46. The van der Waals surface area contributed by atoms with Crippen LogP contribution >= 0.6 is 0 Å². The van der Waals surface area contributed by atoms with E-state index < -0.39 is 0 Å². The van der Waals surface area contributed by atoms with Crippen LogP contribution in [-0.2, 0) is 0 Å². The van der Waals surface area contributed by atoms with Gasteiger partial charge < -0.3 is 9.80 Å². The van der Waals surface area contributed by atoms with Gasteiger partial charge in [0.1, 0.15) is 0 Å². The van der Waals surface area contributed by atoms with Gasteiger partial charge >= 0.3 is 6.03 Å². The van der Waals surface area contributed by atoms with Gasteiger partial charge in [0.05, 0.1) is 6.67 Å². The summed E-state index contributed by atoms with van der Waals surface area (Å²) in [6.07, 6.45) is 2.25. The van der Waals surface area contributed by atoms with E-state index in [2.05, 4.69) is 23.9 Å². The van der Waals surface area contributed by atoms with E-state index >= 15 is 0 Å². The Labute approximate surface area is 111 Å². The second-order valence-corrected chi connectivity index (χ2v) is 5.29. The number of urea groups is 1. The predicted molar refractivity (Wildman–Crippen MR) is 74.6 cm³/mol. The van der Waals surface area contributed by atoms with Gasteiger partial charge in [0.2, 0.25) is 0 Å². The van der Waals surface area contributed by atoms with Crippen molar-refractivity contribution in [3.63, 3.8) is 0 Å². The van der Waals surface area contributed by atoms with Gasteiger partial charge in [-0.15, -0.1) is 0 Å². The summed E-state index contributed by atoms with van der Waals surface area (Å²) in [4.78, 5) is 20.6. The van der Waals surface area contributed by atoms with Crippen molar-refractivity contribution < 1.29 is 4.79 Å². The molecule has 0 unspecified atom stereocenters. The van der Waals surface area contributed by atoms with Gasteiger partial charge in [-0.25, -0.2) is 4.79 Å². The topological polar surface area (TPSA) is 30.0 Å². The first-order chi connectivity index (χ1) is 8.54. The van der Waals surface area contributed by atoms with E-state index in [1.54, 1.807) is 4.90 Å². The number of rotatable bonds is 1. The summed E-state index contributed by atoms with van der Waals surface area (Å²) in [7, 11) is 6.15. The van der Waals surface area contributed by atoms with Crippen molar-refractivity contribution in [3.05, 3.63) is 0 Å². The maximum atomic E-state index is 12.2. The Bertz CT molecular complexity index is 259. The summed E-state index contributed by atoms with van der Waals surface area (Å²) in [5, 5.41) is 0. The molecule has 5 heteroatoms. The Balaban J connectivity index is 2.55. The third-order valence-electron chi connectivity index (χ3n) is 3.52. The van der Waals surface area contributed by atoms with Gasteiger partial charge in [0.15, 0.2) is 0 Å². The van der Waals surface area contributed by atoms with Crippen LogP contribution in [0.2, 0.25) is 0 Å². The molecule has 1 aliphatic rings. The number of carbonyl (C=O) groups is 1. The minimum absolute atomic E-state index is 0.167. The van der Waals surface area contributed by atoms with Crippen molar-refractivity contribution in [2.45, 2.75) is 19.8 Å². The van der Waals surface area contributed by atoms with E-state index in [1.165, 1.54) is 0 Å². The Hall–Kier alpha value is -0.810. The molecule has 0 radical (unpaired) electrons. The number of hydrogen-bond acceptors (Lipinski definition) is 3. The van der Waals surface area contributed by atoms with Crippen molar-refractivity contribution in [2.24, 2.45) is 0 Å². The predicted octanol–water partition coefficient (Wildman–Crippen LogP) is 0.975. The molecule has 0 atom stereocenters. The number of nitrogens with zero attached hydrogens (tertiary/aromatic N) is 4. The highest BCUT2D eigenvalue weighted by molar-refractivity contribution is 5.74. The van der Waals surface area contributed by atoms with Crippen molar-refractivity contribution in [1.82, 2.24) is 19.6 Å². The molecule has 0 N–H and O–H groups in total. The Morgan fingerprint density at radius 2 is 1.67 bits per heavy atom. The van der Waals surface area contributed by atoms with E-state index in [0.29, 0.717) is 0 Å². The van der Waals surface area contributed by atoms with E-state index in [-0.39, 0.29) is 6.03 Å². The van der Waals surface area contributed by atoms with Crippen LogP contribution in [0.15, 0.2) is 0 Å². The van der Waals surface area contributed by atoms with Crippen LogP contribution in [0.5, 0.6) is 0 Å². The Morgan fingerprint density at radius 3 is 2.33 bits per heavy atom. The number of hydrogen-bond donors (Lipinski definition) is 0. The summed E-state index contributed by atoms with van der Waals surface area (Å²) >= 11 is 0. The fourth-order valence-electron chi connectivity index (χ4n) is 2.21. The van der Waals surface area contributed by atoms with Crippen molar-refractivity contribution in [3.8, 4) is 0 Å².